The maximum absolute atomic E-state index is 13.6. The van der Waals surface area contributed by atoms with E-state index in [-0.39, 0.29) is 35.4 Å². The quantitative estimate of drug-likeness (QED) is 0.344. The fourth-order valence-corrected chi connectivity index (χ4v) is 4.65. The highest BCUT2D eigenvalue weighted by atomic mass is 79.9. The molecule has 0 saturated carbocycles. The Morgan fingerprint density at radius 2 is 1.91 bits per heavy atom. The van der Waals surface area contributed by atoms with Crippen molar-refractivity contribution in [3.8, 4) is 5.75 Å². The summed E-state index contributed by atoms with van der Waals surface area (Å²) in [5.41, 5.74) is 2.85. The summed E-state index contributed by atoms with van der Waals surface area (Å²) in [7, 11) is 0. The van der Waals surface area contributed by atoms with Gasteiger partial charge in [0.25, 0.3) is 5.91 Å². The lowest BCUT2D eigenvalue weighted by Gasteiger charge is -2.44. The summed E-state index contributed by atoms with van der Waals surface area (Å²) < 4.78 is 8.72. The van der Waals surface area contributed by atoms with E-state index >= 15 is 0 Å². The number of rotatable bonds is 9. The van der Waals surface area contributed by atoms with E-state index in [1.807, 2.05) is 49.4 Å². The van der Waals surface area contributed by atoms with E-state index in [0.29, 0.717) is 19.6 Å². The first kappa shape index (κ1) is 24.5. The predicted molar refractivity (Wildman–Crippen MR) is 142 cm³/mol. The molecule has 0 fully saturated rings. The molecule has 4 rings (SSSR count). The fourth-order valence-electron chi connectivity index (χ4n) is 4.23. The Labute approximate surface area is 213 Å². The summed E-state index contributed by atoms with van der Waals surface area (Å²) in [5.74, 6) is -0.228. The molecule has 0 saturated heterocycles. The van der Waals surface area contributed by atoms with Crippen LogP contribution >= 0.6 is 15.9 Å². The second-order valence-corrected chi connectivity index (χ2v) is 9.52. The third kappa shape index (κ3) is 5.41. The van der Waals surface area contributed by atoms with Gasteiger partial charge in [-0.1, -0.05) is 70.0 Å². The van der Waals surface area contributed by atoms with E-state index in [4.69, 9.17) is 4.74 Å². The van der Waals surface area contributed by atoms with E-state index < -0.39 is 0 Å². The van der Waals surface area contributed by atoms with Crippen molar-refractivity contribution in [2.75, 3.05) is 18.2 Å². The van der Waals surface area contributed by atoms with Gasteiger partial charge >= 0.3 is 0 Å². The fraction of sp³-hybridized carbons (Fsp3) is 0.214. The Hall–Kier alpha value is -3.58. The molecule has 0 bridgehead atoms. The summed E-state index contributed by atoms with van der Waals surface area (Å²) in [6, 6.07) is 19.0. The van der Waals surface area contributed by atoms with Crippen LogP contribution in [-0.4, -0.2) is 28.7 Å². The number of aromatic nitrogens is 1. The van der Waals surface area contributed by atoms with Gasteiger partial charge in [0.1, 0.15) is 13.3 Å². The molecule has 3 aromatic rings. The van der Waals surface area contributed by atoms with Crippen LogP contribution in [0.1, 0.15) is 41.0 Å². The lowest BCUT2D eigenvalue weighted by Crippen LogP contribution is -2.55. The van der Waals surface area contributed by atoms with Crippen molar-refractivity contribution in [1.29, 1.82) is 0 Å². The first-order chi connectivity index (χ1) is 16.9. The van der Waals surface area contributed by atoms with Crippen molar-refractivity contribution < 1.29 is 9.53 Å². The number of halogens is 1. The minimum Gasteiger partial charge on any atom is -0.482 e. The van der Waals surface area contributed by atoms with Gasteiger partial charge in [-0.05, 0) is 36.6 Å². The summed E-state index contributed by atoms with van der Waals surface area (Å²) in [6.45, 7) is 10.8. The number of hydrogen-bond acceptors (Lipinski definition) is 4. The number of amides is 1. The van der Waals surface area contributed by atoms with Gasteiger partial charge in [0, 0.05) is 23.3 Å². The molecule has 1 aromatic heterocycles. The second-order valence-electron chi connectivity index (χ2n) is 8.61. The van der Waals surface area contributed by atoms with Gasteiger partial charge in [0.05, 0.1) is 6.04 Å². The molecule has 1 atom stereocenters. The van der Waals surface area contributed by atoms with Crippen molar-refractivity contribution in [1.82, 2.24) is 9.58 Å². The molecular weight excluding hydrogens is 506 g/mol. The van der Waals surface area contributed by atoms with Crippen LogP contribution in [0.5, 0.6) is 5.75 Å². The third-order valence-electron chi connectivity index (χ3n) is 5.83. The number of benzene rings is 2. The van der Waals surface area contributed by atoms with E-state index in [2.05, 4.69) is 46.2 Å². The van der Waals surface area contributed by atoms with Gasteiger partial charge < -0.3 is 9.64 Å². The zero-order valence-corrected chi connectivity index (χ0v) is 21.3. The third-order valence-corrected chi connectivity index (χ3v) is 6.32. The maximum Gasteiger partial charge on any atom is 0.278 e. The minimum atomic E-state index is -0.333. The van der Waals surface area contributed by atoms with Crippen molar-refractivity contribution >= 4 is 21.8 Å². The molecule has 2 heterocycles. The summed E-state index contributed by atoms with van der Waals surface area (Å²) in [5, 5.41) is 2.07. The van der Waals surface area contributed by atoms with E-state index in [9.17, 15) is 9.59 Å². The summed E-state index contributed by atoms with van der Waals surface area (Å²) >= 11 is 3.58. The van der Waals surface area contributed by atoms with Gasteiger partial charge in [0.15, 0.2) is 11.4 Å². The number of carbonyl (C=O) groups is 1. The molecule has 1 aliphatic heterocycles. The number of nitrogens with zero attached hydrogens (tertiary/aromatic N) is 3. The monoisotopic (exact) mass is 533 g/mol. The van der Waals surface area contributed by atoms with Gasteiger partial charge in [-0.3, -0.25) is 19.3 Å². The topological polar surface area (TPSA) is 54.8 Å². The smallest absolute Gasteiger partial charge is 0.278 e. The zero-order chi connectivity index (χ0) is 24.9. The summed E-state index contributed by atoms with van der Waals surface area (Å²) in [4.78, 5) is 28.1. The minimum absolute atomic E-state index is 0.0448. The summed E-state index contributed by atoms with van der Waals surface area (Å²) in [6.07, 6.45) is 4.00. The van der Waals surface area contributed by atoms with Gasteiger partial charge in [0.2, 0.25) is 5.43 Å². The SMILES string of the molecule is C=CCN1CN(C(CC(=C)C)c2cccc(Br)c2)n2ccc(=O)c(OCc3ccccc3)c2C1=O. The van der Waals surface area contributed by atoms with Crippen LogP contribution in [0.3, 0.4) is 0 Å². The molecule has 1 amide bonds. The van der Waals surface area contributed by atoms with Crippen LogP contribution in [0.15, 0.2) is 101 Å². The number of ether oxygens (including phenoxy) is 1. The largest absolute Gasteiger partial charge is 0.482 e. The van der Waals surface area contributed by atoms with Crippen molar-refractivity contribution in [3.05, 3.63) is 123 Å². The first-order valence-electron chi connectivity index (χ1n) is 11.4. The highest BCUT2D eigenvalue weighted by Crippen LogP contribution is 2.32. The lowest BCUT2D eigenvalue weighted by atomic mass is 9.99. The van der Waals surface area contributed by atoms with Crippen LogP contribution in [0, 0.1) is 0 Å². The number of fused-ring (bicyclic) bond motifs is 1. The predicted octanol–water partition coefficient (Wildman–Crippen LogP) is 5.43. The maximum atomic E-state index is 13.6. The second kappa shape index (κ2) is 10.8. The Morgan fingerprint density at radius 1 is 1.14 bits per heavy atom. The molecule has 180 valence electrons. The molecule has 6 nitrogen and oxygen atoms in total. The average molecular weight is 534 g/mol. The normalized spacial score (nSPS) is 13.8. The van der Waals surface area contributed by atoms with Crippen LogP contribution in [0.25, 0.3) is 0 Å². The lowest BCUT2D eigenvalue weighted by molar-refractivity contribution is 0.0694. The van der Waals surface area contributed by atoms with Crippen molar-refractivity contribution in [2.45, 2.75) is 26.0 Å². The molecule has 0 radical (unpaired) electrons. The molecular formula is C28H28BrN3O3. The number of hydrogen-bond donors (Lipinski definition) is 0. The Kier molecular flexibility index (Phi) is 7.56. The van der Waals surface area contributed by atoms with Crippen LogP contribution in [-0.2, 0) is 6.61 Å². The van der Waals surface area contributed by atoms with Crippen LogP contribution in [0.4, 0.5) is 0 Å². The molecule has 7 heteroatoms. The highest BCUT2D eigenvalue weighted by Gasteiger charge is 2.36. The standard InChI is InChI=1S/C28H28BrN3O3/c1-4-14-30-19-32(24(16-20(2)3)22-11-8-12-23(29)17-22)31-15-13-25(33)27(26(31)28(30)34)35-18-21-9-6-5-7-10-21/h4-13,15,17,24H,1-2,14,16,18-19H2,3H3. The van der Waals surface area contributed by atoms with Crippen LogP contribution < -0.4 is 15.2 Å². The molecule has 0 N–H and O–H groups in total. The highest BCUT2D eigenvalue weighted by molar-refractivity contribution is 9.10. The number of carbonyl (C=O) groups excluding carboxylic acids is 1. The van der Waals surface area contributed by atoms with Crippen molar-refractivity contribution in [3.63, 3.8) is 0 Å². The van der Waals surface area contributed by atoms with E-state index in [0.717, 1.165) is 21.2 Å². The number of pyridine rings is 1. The Morgan fingerprint density at radius 3 is 2.60 bits per heavy atom. The van der Waals surface area contributed by atoms with E-state index in [1.54, 1.807) is 21.8 Å². The van der Waals surface area contributed by atoms with Gasteiger partial charge in [-0.25, -0.2) is 0 Å². The molecule has 2 aromatic carbocycles. The average Bonchev–Trinajstić information content (AvgIpc) is 2.84. The molecule has 1 aliphatic rings. The molecule has 0 aliphatic carbocycles. The van der Waals surface area contributed by atoms with Crippen molar-refractivity contribution in [2.24, 2.45) is 0 Å². The molecule has 1 unspecified atom stereocenters. The van der Waals surface area contributed by atoms with Gasteiger partial charge in [-0.2, -0.15) is 0 Å². The Balaban J connectivity index is 1.83. The molecule has 35 heavy (non-hydrogen) atoms. The van der Waals surface area contributed by atoms with Gasteiger partial charge in [-0.15, -0.1) is 13.2 Å². The molecule has 0 spiro atoms. The zero-order valence-electron chi connectivity index (χ0n) is 19.7. The van der Waals surface area contributed by atoms with E-state index in [1.165, 1.54) is 6.07 Å². The Bertz CT molecular complexity index is 1300. The first-order valence-corrected chi connectivity index (χ1v) is 12.2. The van der Waals surface area contributed by atoms with Crippen LogP contribution in [0.2, 0.25) is 0 Å².